The van der Waals surface area contributed by atoms with Crippen molar-refractivity contribution in [3.63, 3.8) is 0 Å². The minimum absolute atomic E-state index is 0.0517. The van der Waals surface area contributed by atoms with Gasteiger partial charge in [-0.1, -0.05) is 34.6 Å². The lowest BCUT2D eigenvalue weighted by molar-refractivity contribution is -0.177. The van der Waals surface area contributed by atoms with Gasteiger partial charge in [0.15, 0.2) is 0 Å². The second-order valence-electron chi connectivity index (χ2n) is 12.8. The number of aldehydes is 1. The molecular formula is C26H42O3. The quantitative estimate of drug-likeness (QED) is 0.610. The zero-order valence-electron chi connectivity index (χ0n) is 19.2. The maximum Gasteiger partial charge on any atom is 0.148 e. The van der Waals surface area contributed by atoms with Gasteiger partial charge in [0.2, 0.25) is 0 Å². The van der Waals surface area contributed by atoms with Crippen LogP contribution in [0.15, 0.2) is 0 Å². The van der Waals surface area contributed by atoms with Crippen LogP contribution >= 0.6 is 0 Å². The Labute approximate surface area is 177 Å². The van der Waals surface area contributed by atoms with Gasteiger partial charge in [0.25, 0.3) is 0 Å². The molecule has 3 nitrogen and oxygen atoms in total. The van der Waals surface area contributed by atoms with Crippen LogP contribution in [-0.2, 0) is 9.53 Å². The first-order valence-corrected chi connectivity index (χ1v) is 12.4. The van der Waals surface area contributed by atoms with E-state index in [1.807, 2.05) is 0 Å². The van der Waals surface area contributed by atoms with E-state index in [0.717, 1.165) is 36.9 Å². The van der Waals surface area contributed by atoms with E-state index < -0.39 is 0 Å². The molecule has 4 saturated carbocycles. The smallest absolute Gasteiger partial charge is 0.148 e. The van der Waals surface area contributed by atoms with E-state index in [0.29, 0.717) is 28.6 Å². The molecule has 0 aromatic rings. The third-order valence-electron chi connectivity index (χ3n) is 11.4. The van der Waals surface area contributed by atoms with Crippen LogP contribution in [0.2, 0.25) is 0 Å². The maximum atomic E-state index is 11.5. The van der Waals surface area contributed by atoms with Crippen LogP contribution in [0.3, 0.4) is 0 Å². The van der Waals surface area contributed by atoms with E-state index in [1.54, 1.807) is 0 Å². The lowest BCUT2D eigenvalue weighted by atomic mass is 9.40. The van der Waals surface area contributed by atoms with Crippen LogP contribution in [0.5, 0.6) is 0 Å². The van der Waals surface area contributed by atoms with Crippen LogP contribution < -0.4 is 0 Å². The molecule has 5 unspecified atom stereocenters. The Morgan fingerprint density at radius 2 is 1.48 bits per heavy atom. The SMILES string of the molecule is C[C@@H]1C[C@H](C=O)OC2CC3[C@@H]4CCC5C(CC[C@H](O)C5(C)C)[C@]4(C)CC[C@]3(C)C21. The Morgan fingerprint density at radius 1 is 0.862 bits per heavy atom. The third kappa shape index (κ3) is 2.65. The van der Waals surface area contributed by atoms with Gasteiger partial charge < -0.3 is 14.6 Å². The molecule has 5 aliphatic rings. The minimum atomic E-state index is -0.183. The predicted octanol–water partition coefficient (Wildman–Crippen LogP) is 5.24. The highest BCUT2D eigenvalue weighted by molar-refractivity contribution is 5.56. The number of hydrogen-bond donors (Lipinski definition) is 1. The summed E-state index contributed by atoms with van der Waals surface area (Å²) in [5.74, 6) is 4.15. The lowest BCUT2D eigenvalue weighted by Gasteiger charge is -2.64. The van der Waals surface area contributed by atoms with Crippen LogP contribution in [0.1, 0.15) is 86.0 Å². The van der Waals surface area contributed by atoms with Gasteiger partial charge in [-0.25, -0.2) is 0 Å². The summed E-state index contributed by atoms with van der Waals surface area (Å²) in [6.45, 7) is 12.2. The summed E-state index contributed by atoms with van der Waals surface area (Å²) >= 11 is 0. The second-order valence-corrected chi connectivity index (χ2v) is 12.8. The molecule has 0 radical (unpaired) electrons. The zero-order chi connectivity index (χ0) is 20.8. The summed E-state index contributed by atoms with van der Waals surface area (Å²) in [5, 5.41) is 10.7. The number of rotatable bonds is 1. The van der Waals surface area contributed by atoms with Gasteiger partial charge >= 0.3 is 0 Å². The Balaban J connectivity index is 1.46. The number of carbonyl (C=O) groups excluding carboxylic acids is 1. The average molecular weight is 403 g/mol. The van der Waals surface area contributed by atoms with Crippen molar-refractivity contribution < 1.29 is 14.6 Å². The van der Waals surface area contributed by atoms with Crippen molar-refractivity contribution in [1.82, 2.24) is 0 Å². The third-order valence-corrected chi connectivity index (χ3v) is 11.4. The molecule has 164 valence electrons. The van der Waals surface area contributed by atoms with Crippen molar-refractivity contribution in [1.29, 1.82) is 0 Å². The van der Waals surface area contributed by atoms with E-state index >= 15 is 0 Å². The number of hydrogen-bond acceptors (Lipinski definition) is 3. The fourth-order valence-corrected chi connectivity index (χ4v) is 9.92. The topological polar surface area (TPSA) is 46.5 Å². The molecule has 29 heavy (non-hydrogen) atoms. The molecule has 1 N–H and O–H groups in total. The van der Waals surface area contributed by atoms with Crippen molar-refractivity contribution in [3.05, 3.63) is 0 Å². The summed E-state index contributed by atoms with van der Waals surface area (Å²) in [4.78, 5) is 11.5. The van der Waals surface area contributed by atoms with Gasteiger partial charge in [-0.05, 0) is 103 Å². The highest BCUT2D eigenvalue weighted by atomic mass is 16.5. The number of ether oxygens (including phenoxy) is 1. The summed E-state index contributed by atoms with van der Waals surface area (Å²) in [6, 6.07) is 0. The maximum absolute atomic E-state index is 11.5. The van der Waals surface area contributed by atoms with Gasteiger partial charge in [0, 0.05) is 0 Å². The van der Waals surface area contributed by atoms with Crippen molar-refractivity contribution in [3.8, 4) is 0 Å². The molecule has 4 aliphatic carbocycles. The number of carbonyl (C=O) groups is 1. The van der Waals surface area contributed by atoms with Gasteiger partial charge in [-0.2, -0.15) is 0 Å². The minimum Gasteiger partial charge on any atom is -0.393 e. The van der Waals surface area contributed by atoms with E-state index in [-0.39, 0.29) is 23.7 Å². The molecule has 11 atom stereocenters. The molecule has 0 aromatic carbocycles. The van der Waals surface area contributed by atoms with Crippen LogP contribution in [0.25, 0.3) is 0 Å². The molecule has 5 fully saturated rings. The van der Waals surface area contributed by atoms with Crippen LogP contribution in [0.4, 0.5) is 0 Å². The first-order valence-electron chi connectivity index (χ1n) is 12.4. The van der Waals surface area contributed by atoms with Gasteiger partial charge in [0.1, 0.15) is 12.4 Å². The molecule has 0 amide bonds. The zero-order valence-corrected chi connectivity index (χ0v) is 19.2. The van der Waals surface area contributed by atoms with E-state index in [2.05, 4.69) is 34.6 Å². The largest absolute Gasteiger partial charge is 0.393 e. The first kappa shape index (κ1) is 20.5. The van der Waals surface area contributed by atoms with Crippen molar-refractivity contribution >= 4 is 6.29 Å². The van der Waals surface area contributed by atoms with Gasteiger partial charge in [-0.3, -0.25) is 0 Å². The Hall–Kier alpha value is -0.410. The van der Waals surface area contributed by atoms with E-state index in [1.165, 1.54) is 38.5 Å². The summed E-state index contributed by atoms with van der Waals surface area (Å²) in [6.07, 6.45) is 10.5. The molecule has 0 bridgehead atoms. The van der Waals surface area contributed by atoms with Gasteiger partial charge in [0.05, 0.1) is 12.2 Å². The second kappa shape index (κ2) is 6.55. The molecular weight excluding hydrogens is 360 g/mol. The monoisotopic (exact) mass is 402 g/mol. The average Bonchev–Trinajstić information content (AvgIpc) is 2.97. The summed E-state index contributed by atoms with van der Waals surface area (Å²) in [7, 11) is 0. The Kier molecular flexibility index (Phi) is 4.63. The molecule has 0 aromatic heterocycles. The molecule has 0 spiro atoms. The predicted molar refractivity (Wildman–Crippen MR) is 114 cm³/mol. The fourth-order valence-electron chi connectivity index (χ4n) is 9.92. The Bertz CT molecular complexity index is 673. The fraction of sp³-hybridized carbons (Fsp3) is 0.962. The summed E-state index contributed by atoms with van der Waals surface area (Å²) < 4.78 is 6.35. The van der Waals surface area contributed by atoms with E-state index in [9.17, 15) is 9.90 Å². The van der Waals surface area contributed by atoms with Crippen LogP contribution in [0, 0.1) is 51.8 Å². The number of fused-ring (bicyclic) bond motifs is 7. The van der Waals surface area contributed by atoms with Crippen LogP contribution in [-0.4, -0.2) is 29.7 Å². The number of aliphatic hydroxyl groups excluding tert-OH is 1. The molecule has 3 heteroatoms. The highest BCUT2D eigenvalue weighted by Gasteiger charge is 2.66. The standard InChI is InChI=1S/C26H42O3/c1-15-12-16(14-27)29-21-13-20-19-7-6-17-18(8-9-22(28)24(17,2)3)25(19,4)10-11-26(20,5)23(15)21/h14-23,28H,6-13H2,1-5H3/t15-,16-,17?,18?,19+,20?,21?,22+,23?,25+,26+/m1/s1. The normalized spacial score (nSPS) is 58.5. The van der Waals surface area contributed by atoms with E-state index in [4.69, 9.17) is 4.74 Å². The molecule has 1 saturated heterocycles. The molecule has 1 heterocycles. The Morgan fingerprint density at radius 3 is 2.21 bits per heavy atom. The van der Waals surface area contributed by atoms with Crippen molar-refractivity contribution in [2.24, 2.45) is 51.8 Å². The van der Waals surface area contributed by atoms with Crippen molar-refractivity contribution in [2.75, 3.05) is 0 Å². The molecule has 5 rings (SSSR count). The van der Waals surface area contributed by atoms with Crippen molar-refractivity contribution in [2.45, 2.75) is 104 Å². The molecule has 1 aliphatic heterocycles. The lowest BCUT2D eigenvalue weighted by Crippen LogP contribution is -2.59. The number of aliphatic hydroxyl groups is 1. The first-order chi connectivity index (χ1) is 13.6. The highest BCUT2D eigenvalue weighted by Crippen LogP contribution is 2.71. The summed E-state index contributed by atoms with van der Waals surface area (Å²) in [5.41, 5.74) is 0.833. The van der Waals surface area contributed by atoms with Gasteiger partial charge in [-0.15, -0.1) is 0 Å².